The highest BCUT2D eigenvalue weighted by Gasteiger charge is 2.05. The van der Waals surface area contributed by atoms with Crippen molar-refractivity contribution in [3.63, 3.8) is 0 Å². The highest BCUT2D eigenvalue weighted by Crippen LogP contribution is 2.29. The van der Waals surface area contributed by atoms with Crippen LogP contribution < -0.4 is 4.74 Å². The van der Waals surface area contributed by atoms with Crippen LogP contribution in [0.2, 0.25) is 5.02 Å². The van der Waals surface area contributed by atoms with Crippen LogP contribution in [0.1, 0.15) is 13.3 Å². The Labute approximate surface area is 93.8 Å². The van der Waals surface area contributed by atoms with Crippen LogP contribution in [0.25, 0.3) is 10.9 Å². The number of aromatic nitrogens is 1. The summed E-state index contributed by atoms with van der Waals surface area (Å²) in [5, 5.41) is 1.65. The minimum atomic E-state index is 0.702. The highest BCUT2D eigenvalue weighted by molar-refractivity contribution is 6.35. The summed E-state index contributed by atoms with van der Waals surface area (Å²) in [7, 11) is 0. The molecule has 0 saturated heterocycles. The molecular formula is C12H12ClNO. The van der Waals surface area contributed by atoms with Crippen LogP contribution in [0, 0.1) is 0 Å². The summed E-state index contributed by atoms with van der Waals surface area (Å²) in [6, 6.07) is 7.53. The van der Waals surface area contributed by atoms with Gasteiger partial charge in [-0.25, -0.2) is 0 Å². The van der Waals surface area contributed by atoms with E-state index in [4.69, 9.17) is 16.3 Å². The van der Waals surface area contributed by atoms with Crippen molar-refractivity contribution in [2.75, 3.05) is 6.61 Å². The van der Waals surface area contributed by atoms with E-state index in [1.54, 1.807) is 6.20 Å². The molecule has 0 bridgehead atoms. The third kappa shape index (κ3) is 2.05. The van der Waals surface area contributed by atoms with Gasteiger partial charge in [0.15, 0.2) is 0 Å². The van der Waals surface area contributed by atoms with Crippen LogP contribution in [0.5, 0.6) is 5.75 Å². The van der Waals surface area contributed by atoms with Gasteiger partial charge >= 0.3 is 0 Å². The van der Waals surface area contributed by atoms with Crippen molar-refractivity contribution in [2.45, 2.75) is 13.3 Å². The van der Waals surface area contributed by atoms with E-state index < -0.39 is 0 Å². The molecule has 0 saturated carbocycles. The SMILES string of the molecule is CCCOc1ccc(Cl)c2cccnc12. The molecule has 0 aliphatic rings. The van der Waals surface area contributed by atoms with Gasteiger partial charge in [-0.15, -0.1) is 0 Å². The van der Waals surface area contributed by atoms with Crippen molar-refractivity contribution in [1.82, 2.24) is 4.98 Å². The maximum Gasteiger partial charge on any atom is 0.145 e. The molecule has 2 aromatic rings. The summed E-state index contributed by atoms with van der Waals surface area (Å²) in [5.74, 6) is 0.803. The van der Waals surface area contributed by atoms with E-state index >= 15 is 0 Å². The molecule has 3 heteroatoms. The third-order valence-corrected chi connectivity index (χ3v) is 2.47. The van der Waals surface area contributed by atoms with Crippen LogP contribution >= 0.6 is 11.6 Å². The van der Waals surface area contributed by atoms with E-state index in [1.807, 2.05) is 24.3 Å². The Bertz CT molecular complexity index is 470. The van der Waals surface area contributed by atoms with E-state index in [0.29, 0.717) is 11.6 Å². The molecule has 1 heterocycles. The van der Waals surface area contributed by atoms with Gasteiger partial charge < -0.3 is 4.74 Å². The average Bonchev–Trinajstić information content (AvgIpc) is 2.29. The normalized spacial score (nSPS) is 10.5. The Hall–Kier alpha value is -1.28. The summed E-state index contributed by atoms with van der Waals surface area (Å²) in [6.45, 7) is 2.78. The van der Waals surface area contributed by atoms with Gasteiger partial charge in [0, 0.05) is 11.6 Å². The van der Waals surface area contributed by atoms with Gasteiger partial charge in [0.05, 0.1) is 11.6 Å². The number of rotatable bonds is 3. The topological polar surface area (TPSA) is 22.1 Å². The first-order valence-corrected chi connectivity index (χ1v) is 5.36. The zero-order valence-corrected chi connectivity index (χ0v) is 9.29. The fraction of sp³-hybridized carbons (Fsp3) is 0.250. The predicted molar refractivity (Wildman–Crippen MR) is 62.5 cm³/mol. The Morgan fingerprint density at radius 2 is 2.20 bits per heavy atom. The van der Waals surface area contributed by atoms with Crippen LogP contribution in [-0.2, 0) is 0 Å². The van der Waals surface area contributed by atoms with Crippen molar-refractivity contribution < 1.29 is 4.74 Å². The Morgan fingerprint density at radius 3 is 3.00 bits per heavy atom. The van der Waals surface area contributed by atoms with E-state index in [2.05, 4.69) is 11.9 Å². The van der Waals surface area contributed by atoms with Crippen LogP contribution in [0.15, 0.2) is 30.5 Å². The third-order valence-electron chi connectivity index (χ3n) is 2.14. The van der Waals surface area contributed by atoms with Crippen molar-refractivity contribution in [3.05, 3.63) is 35.5 Å². The molecular weight excluding hydrogens is 210 g/mol. The Balaban J connectivity index is 2.51. The fourth-order valence-corrected chi connectivity index (χ4v) is 1.66. The smallest absolute Gasteiger partial charge is 0.145 e. The standard InChI is InChI=1S/C12H12ClNO/c1-2-8-15-11-6-5-10(13)9-4-3-7-14-12(9)11/h3-7H,2,8H2,1H3. The zero-order chi connectivity index (χ0) is 10.7. The molecule has 0 N–H and O–H groups in total. The number of benzene rings is 1. The van der Waals surface area contributed by atoms with Crippen molar-refractivity contribution in [3.8, 4) is 5.75 Å². The molecule has 0 atom stereocenters. The molecule has 0 radical (unpaired) electrons. The monoisotopic (exact) mass is 221 g/mol. The first kappa shape index (κ1) is 10.2. The van der Waals surface area contributed by atoms with Crippen molar-refractivity contribution in [1.29, 1.82) is 0 Å². The highest BCUT2D eigenvalue weighted by atomic mass is 35.5. The summed E-state index contributed by atoms with van der Waals surface area (Å²) in [6.07, 6.45) is 2.73. The Kier molecular flexibility index (Phi) is 3.07. The van der Waals surface area contributed by atoms with Gasteiger partial charge in [0.25, 0.3) is 0 Å². The van der Waals surface area contributed by atoms with Crippen LogP contribution in [0.3, 0.4) is 0 Å². The number of nitrogens with zero attached hydrogens (tertiary/aromatic N) is 1. The number of fused-ring (bicyclic) bond motifs is 1. The lowest BCUT2D eigenvalue weighted by Gasteiger charge is -2.08. The number of ether oxygens (including phenoxy) is 1. The number of hydrogen-bond acceptors (Lipinski definition) is 2. The Morgan fingerprint density at radius 1 is 1.33 bits per heavy atom. The van der Waals surface area contributed by atoms with E-state index in [9.17, 15) is 0 Å². The second-order valence-corrected chi connectivity index (χ2v) is 3.70. The van der Waals surface area contributed by atoms with Gasteiger partial charge in [0.2, 0.25) is 0 Å². The minimum Gasteiger partial charge on any atom is -0.491 e. The van der Waals surface area contributed by atoms with Crippen molar-refractivity contribution >= 4 is 22.5 Å². The molecule has 0 aliphatic carbocycles. The molecule has 15 heavy (non-hydrogen) atoms. The van der Waals surface area contributed by atoms with Gasteiger partial charge in [-0.2, -0.15) is 0 Å². The molecule has 0 spiro atoms. The second kappa shape index (κ2) is 4.49. The lowest BCUT2D eigenvalue weighted by atomic mass is 10.2. The maximum atomic E-state index is 6.07. The molecule has 2 nitrogen and oxygen atoms in total. The molecule has 0 amide bonds. The first-order chi connectivity index (χ1) is 7.33. The number of pyridine rings is 1. The molecule has 2 rings (SSSR count). The quantitative estimate of drug-likeness (QED) is 0.789. The fourth-order valence-electron chi connectivity index (χ4n) is 1.44. The van der Waals surface area contributed by atoms with Gasteiger partial charge in [-0.05, 0) is 30.7 Å². The van der Waals surface area contributed by atoms with Gasteiger partial charge in [-0.1, -0.05) is 18.5 Å². The number of halogens is 1. The lowest BCUT2D eigenvalue weighted by Crippen LogP contribution is -1.96. The first-order valence-electron chi connectivity index (χ1n) is 4.99. The zero-order valence-electron chi connectivity index (χ0n) is 8.53. The molecule has 0 unspecified atom stereocenters. The maximum absolute atomic E-state index is 6.07. The summed E-state index contributed by atoms with van der Waals surface area (Å²) in [5.41, 5.74) is 0.832. The minimum absolute atomic E-state index is 0.702. The van der Waals surface area contributed by atoms with Crippen LogP contribution in [0.4, 0.5) is 0 Å². The van der Waals surface area contributed by atoms with Gasteiger partial charge in [-0.3, -0.25) is 4.98 Å². The van der Waals surface area contributed by atoms with E-state index in [1.165, 1.54) is 0 Å². The molecule has 0 fully saturated rings. The van der Waals surface area contributed by atoms with Crippen LogP contribution in [-0.4, -0.2) is 11.6 Å². The molecule has 1 aromatic heterocycles. The lowest BCUT2D eigenvalue weighted by molar-refractivity contribution is 0.320. The summed E-state index contributed by atoms with van der Waals surface area (Å²) >= 11 is 6.07. The number of hydrogen-bond donors (Lipinski definition) is 0. The van der Waals surface area contributed by atoms with E-state index in [0.717, 1.165) is 23.1 Å². The predicted octanol–water partition coefficient (Wildman–Crippen LogP) is 3.68. The molecule has 1 aromatic carbocycles. The van der Waals surface area contributed by atoms with E-state index in [-0.39, 0.29) is 0 Å². The largest absolute Gasteiger partial charge is 0.491 e. The molecule has 0 aliphatic heterocycles. The average molecular weight is 222 g/mol. The summed E-state index contributed by atoms with van der Waals surface area (Å²) < 4.78 is 5.60. The molecule has 78 valence electrons. The van der Waals surface area contributed by atoms with Crippen molar-refractivity contribution in [2.24, 2.45) is 0 Å². The van der Waals surface area contributed by atoms with Gasteiger partial charge in [0.1, 0.15) is 11.3 Å². The summed E-state index contributed by atoms with van der Waals surface area (Å²) in [4.78, 5) is 4.29. The second-order valence-electron chi connectivity index (χ2n) is 3.29.